The zero-order valence-electron chi connectivity index (χ0n) is 13.2. The molecule has 3 rings (SSSR count). The van der Waals surface area contributed by atoms with Gasteiger partial charge in [0.05, 0.1) is 35.8 Å². The molecule has 1 aliphatic rings. The summed E-state index contributed by atoms with van der Waals surface area (Å²) in [6, 6.07) is 10.7. The Morgan fingerprint density at radius 1 is 1.18 bits per heavy atom. The lowest BCUT2D eigenvalue weighted by Gasteiger charge is -2.39. The molecule has 1 fully saturated rings. The number of likely N-dealkylation sites (tertiary alicyclic amines) is 1. The second-order valence-corrected chi connectivity index (χ2v) is 6.05. The second-order valence-electron chi connectivity index (χ2n) is 6.05. The summed E-state index contributed by atoms with van der Waals surface area (Å²) in [7, 11) is 2.16. The zero-order valence-corrected chi connectivity index (χ0v) is 13.2. The minimum atomic E-state index is -0.00689. The first kappa shape index (κ1) is 15.1. The molecule has 4 nitrogen and oxygen atoms in total. The van der Waals surface area contributed by atoms with Gasteiger partial charge in [0, 0.05) is 6.20 Å². The predicted molar refractivity (Wildman–Crippen MR) is 86.2 cm³/mol. The maximum absolute atomic E-state index is 9.31. The van der Waals surface area contributed by atoms with E-state index in [4.69, 9.17) is 0 Å². The van der Waals surface area contributed by atoms with Gasteiger partial charge in [0.2, 0.25) is 0 Å². The van der Waals surface area contributed by atoms with E-state index in [2.05, 4.69) is 41.0 Å². The van der Waals surface area contributed by atoms with Gasteiger partial charge in [-0.15, -0.1) is 0 Å². The predicted octanol–water partition coefficient (Wildman–Crippen LogP) is 3.18. The van der Waals surface area contributed by atoms with Crippen molar-refractivity contribution in [1.82, 2.24) is 14.9 Å². The highest BCUT2D eigenvalue weighted by atomic mass is 16.3. The van der Waals surface area contributed by atoms with E-state index in [1.165, 1.54) is 17.7 Å². The Balaban J connectivity index is 1.89. The topological polar surface area (TPSA) is 49.3 Å². The molecule has 0 aromatic carbocycles. The Morgan fingerprint density at radius 2 is 2.00 bits per heavy atom. The van der Waals surface area contributed by atoms with Gasteiger partial charge in [-0.2, -0.15) is 0 Å². The third-order valence-corrected chi connectivity index (χ3v) is 4.64. The fraction of sp³-hybridized carbons (Fsp3) is 0.444. The number of aliphatic hydroxyl groups excluding tert-OH is 1. The molecule has 1 N–H and O–H groups in total. The van der Waals surface area contributed by atoms with Crippen molar-refractivity contribution in [1.29, 1.82) is 0 Å². The van der Waals surface area contributed by atoms with Crippen molar-refractivity contribution in [3.05, 3.63) is 59.2 Å². The molecule has 0 amide bonds. The molecule has 2 aromatic heterocycles. The summed E-state index contributed by atoms with van der Waals surface area (Å²) in [5.74, 6) is 0. The number of aryl methyl sites for hydroxylation is 1. The highest BCUT2D eigenvalue weighted by Crippen LogP contribution is 2.39. The van der Waals surface area contributed by atoms with Crippen LogP contribution in [0.5, 0.6) is 0 Å². The minimum absolute atomic E-state index is 0.00689. The van der Waals surface area contributed by atoms with Crippen LogP contribution in [0.25, 0.3) is 0 Å². The molecule has 4 heteroatoms. The highest BCUT2D eigenvalue weighted by molar-refractivity contribution is 5.23. The number of nitrogens with zero attached hydrogens (tertiary/aromatic N) is 3. The van der Waals surface area contributed by atoms with Gasteiger partial charge in [-0.1, -0.05) is 12.1 Å². The SMILES string of the molecule is Cc1cccnc1[C@@H]1CCC[C@H](c2cccc(CO)n2)N1C. The van der Waals surface area contributed by atoms with E-state index in [0.717, 1.165) is 24.2 Å². The normalized spacial score (nSPS) is 22.7. The van der Waals surface area contributed by atoms with E-state index in [1.807, 2.05) is 24.4 Å². The molecule has 0 spiro atoms. The largest absolute Gasteiger partial charge is 0.390 e. The number of aromatic nitrogens is 2. The number of hydrogen-bond acceptors (Lipinski definition) is 4. The van der Waals surface area contributed by atoms with E-state index in [-0.39, 0.29) is 12.6 Å². The van der Waals surface area contributed by atoms with Crippen molar-refractivity contribution in [2.24, 2.45) is 0 Å². The van der Waals surface area contributed by atoms with Crippen LogP contribution < -0.4 is 0 Å². The molecule has 3 heterocycles. The number of aliphatic hydroxyl groups is 1. The number of pyridine rings is 2. The lowest BCUT2D eigenvalue weighted by molar-refractivity contribution is 0.108. The smallest absolute Gasteiger partial charge is 0.0853 e. The van der Waals surface area contributed by atoms with Crippen molar-refractivity contribution in [3.63, 3.8) is 0 Å². The van der Waals surface area contributed by atoms with Crippen molar-refractivity contribution in [3.8, 4) is 0 Å². The molecule has 1 saturated heterocycles. The molecule has 116 valence electrons. The third-order valence-electron chi connectivity index (χ3n) is 4.64. The summed E-state index contributed by atoms with van der Waals surface area (Å²) in [5, 5.41) is 9.31. The molecule has 0 radical (unpaired) electrons. The number of rotatable bonds is 3. The standard InChI is InChI=1S/C18H23N3O/c1-13-6-5-11-19-18(13)17-10-4-9-16(21(17)2)15-8-3-7-14(12-22)20-15/h3,5-8,11,16-17,22H,4,9-10,12H2,1-2H3/t16-,17+/m1/s1. The van der Waals surface area contributed by atoms with Crippen LogP contribution in [0.2, 0.25) is 0 Å². The van der Waals surface area contributed by atoms with Gasteiger partial charge in [-0.05, 0) is 57.0 Å². The van der Waals surface area contributed by atoms with Gasteiger partial charge in [0.25, 0.3) is 0 Å². The fourth-order valence-electron chi connectivity index (χ4n) is 3.43. The summed E-state index contributed by atoms with van der Waals surface area (Å²) >= 11 is 0. The van der Waals surface area contributed by atoms with Gasteiger partial charge in [0.1, 0.15) is 0 Å². The summed E-state index contributed by atoms with van der Waals surface area (Å²) in [5.41, 5.74) is 4.21. The van der Waals surface area contributed by atoms with Crippen LogP contribution in [0.4, 0.5) is 0 Å². The molecule has 0 unspecified atom stereocenters. The summed E-state index contributed by atoms with van der Waals surface area (Å²) in [4.78, 5) is 11.6. The van der Waals surface area contributed by atoms with E-state index < -0.39 is 0 Å². The number of hydrogen-bond donors (Lipinski definition) is 1. The van der Waals surface area contributed by atoms with Gasteiger partial charge in [-0.3, -0.25) is 14.9 Å². The maximum atomic E-state index is 9.31. The van der Waals surface area contributed by atoms with Crippen LogP contribution in [-0.4, -0.2) is 27.0 Å². The average Bonchev–Trinajstić information content (AvgIpc) is 2.56. The van der Waals surface area contributed by atoms with E-state index in [1.54, 1.807) is 0 Å². The lowest BCUT2D eigenvalue weighted by atomic mass is 9.90. The fourth-order valence-corrected chi connectivity index (χ4v) is 3.43. The van der Waals surface area contributed by atoms with Gasteiger partial charge in [0.15, 0.2) is 0 Å². The van der Waals surface area contributed by atoms with Crippen LogP contribution in [0.3, 0.4) is 0 Å². The summed E-state index contributed by atoms with van der Waals surface area (Å²) in [6.45, 7) is 2.12. The Hall–Kier alpha value is -1.78. The first-order valence-electron chi connectivity index (χ1n) is 7.91. The van der Waals surface area contributed by atoms with Crippen LogP contribution in [0, 0.1) is 6.92 Å². The molecule has 2 atom stereocenters. The zero-order chi connectivity index (χ0) is 15.5. The van der Waals surface area contributed by atoms with Crippen molar-refractivity contribution < 1.29 is 5.11 Å². The quantitative estimate of drug-likeness (QED) is 0.945. The molecular formula is C18H23N3O. The highest BCUT2D eigenvalue weighted by Gasteiger charge is 2.31. The molecule has 22 heavy (non-hydrogen) atoms. The number of piperidine rings is 1. The first-order chi connectivity index (χ1) is 10.7. The molecular weight excluding hydrogens is 274 g/mol. The summed E-state index contributed by atoms with van der Waals surface area (Å²) < 4.78 is 0. The Morgan fingerprint density at radius 3 is 2.77 bits per heavy atom. The Labute approximate surface area is 131 Å². The Bertz CT molecular complexity index is 644. The van der Waals surface area contributed by atoms with Crippen LogP contribution in [-0.2, 0) is 6.61 Å². The van der Waals surface area contributed by atoms with Crippen molar-refractivity contribution in [2.45, 2.75) is 44.9 Å². The second kappa shape index (κ2) is 6.55. The van der Waals surface area contributed by atoms with Crippen molar-refractivity contribution in [2.75, 3.05) is 7.05 Å². The van der Waals surface area contributed by atoms with Gasteiger partial charge >= 0.3 is 0 Å². The maximum Gasteiger partial charge on any atom is 0.0853 e. The average molecular weight is 297 g/mol. The van der Waals surface area contributed by atoms with Crippen molar-refractivity contribution >= 4 is 0 Å². The molecule has 0 bridgehead atoms. The molecule has 1 aliphatic heterocycles. The molecule has 0 saturated carbocycles. The van der Waals surface area contributed by atoms with Crippen LogP contribution >= 0.6 is 0 Å². The van der Waals surface area contributed by atoms with Gasteiger partial charge < -0.3 is 5.11 Å². The van der Waals surface area contributed by atoms with E-state index in [0.29, 0.717) is 6.04 Å². The Kier molecular flexibility index (Phi) is 4.50. The van der Waals surface area contributed by atoms with Gasteiger partial charge in [-0.25, -0.2) is 0 Å². The van der Waals surface area contributed by atoms with Crippen LogP contribution in [0.15, 0.2) is 36.5 Å². The van der Waals surface area contributed by atoms with Crippen LogP contribution in [0.1, 0.15) is 54.0 Å². The molecule has 0 aliphatic carbocycles. The summed E-state index contributed by atoms with van der Waals surface area (Å²) in [6.07, 6.45) is 5.27. The minimum Gasteiger partial charge on any atom is -0.390 e. The first-order valence-corrected chi connectivity index (χ1v) is 7.91. The molecule has 2 aromatic rings. The lowest BCUT2D eigenvalue weighted by Crippen LogP contribution is -2.34. The van der Waals surface area contributed by atoms with E-state index in [9.17, 15) is 5.11 Å². The monoisotopic (exact) mass is 297 g/mol. The third kappa shape index (κ3) is 2.89. The van der Waals surface area contributed by atoms with E-state index >= 15 is 0 Å².